The Morgan fingerprint density at radius 3 is 2.64 bits per heavy atom. The molecule has 25 heavy (non-hydrogen) atoms. The van der Waals surface area contributed by atoms with E-state index in [1.54, 1.807) is 6.07 Å². The first-order chi connectivity index (χ1) is 12.0. The smallest absolute Gasteiger partial charge is 0.270 e. The van der Waals surface area contributed by atoms with E-state index < -0.39 is 0 Å². The number of aryl methyl sites for hydroxylation is 2. The topological polar surface area (TPSA) is 70.2 Å². The summed E-state index contributed by atoms with van der Waals surface area (Å²) >= 11 is 0. The number of hydrogen-bond acceptors (Lipinski definition) is 5. The normalized spacial score (nSPS) is 10.8. The summed E-state index contributed by atoms with van der Waals surface area (Å²) in [4.78, 5) is 23.1. The molecule has 0 saturated carbocycles. The predicted octanol–water partition coefficient (Wildman–Crippen LogP) is 2.39. The van der Waals surface area contributed by atoms with Gasteiger partial charge in [-0.1, -0.05) is 24.3 Å². The fraction of sp³-hybridized carbons (Fsp3) is 0.421. The Morgan fingerprint density at radius 1 is 1.16 bits per heavy atom. The van der Waals surface area contributed by atoms with Crippen LogP contribution in [0.1, 0.15) is 33.7 Å². The minimum Gasteiger partial charge on any atom is -0.351 e. The third-order valence-electron chi connectivity index (χ3n) is 3.85. The van der Waals surface area contributed by atoms with E-state index in [-0.39, 0.29) is 5.91 Å². The number of nitrogens with one attached hydrogen (secondary N) is 2. The molecule has 0 unspecified atom stereocenters. The van der Waals surface area contributed by atoms with E-state index in [2.05, 4.69) is 44.6 Å². The Kier molecular flexibility index (Phi) is 6.89. The van der Waals surface area contributed by atoms with Crippen LogP contribution in [0.25, 0.3) is 0 Å². The molecule has 1 aromatic carbocycles. The first-order valence-corrected chi connectivity index (χ1v) is 8.52. The molecular formula is C19H27N5O. The second-order valence-electron chi connectivity index (χ2n) is 6.41. The number of hydrogen-bond donors (Lipinski definition) is 2. The molecule has 0 bridgehead atoms. The number of amides is 1. The van der Waals surface area contributed by atoms with Crippen molar-refractivity contribution >= 4 is 11.9 Å². The molecule has 0 aliphatic rings. The molecule has 0 atom stereocenters. The zero-order valence-corrected chi connectivity index (χ0v) is 15.5. The van der Waals surface area contributed by atoms with Crippen LogP contribution in [0, 0.1) is 13.8 Å². The molecule has 2 aromatic rings. The molecule has 0 radical (unpaired) electrons. The standard InChI is InChI=1S/C19H27N5O/c1-14-8-5-6-9-16(14)13-21-19-22-15(2)12-17(23-19)18(25)20-10-7-11-24(3)4/h5-6,8-9,12H,7,10-11,13H2,1-4H3,(H,20,25)(H,21,22,23). The number of aromatic nitrogens is 2. The van der Waals surface area contributed by atoms with Crippen molar-refractivity contribution in [1.29, 1.82) is 0 Å². The summed E-state index contributed by atoms with van der Waals surface area (Å²) in [5, 5.41) is 6.12. The summed E-state index contributed by atoms with van der Waals surface area (Å²) in [6.45, 7) is 6.13. The highest BCUT2D eigenvalue weighted by Gasteiger charge is 2.10. The number of carbonyl (C=O) groups is 1. The molecule has 134 valence electrons. The molecule has 0 saturated heterocycles. The average molecular weight is 341 g/mol. The summed E-state index contributed by atoms with van der Waals surface area (Å²) in [6, 6.07) is 9.87. The first-order valence-electron chi connectivity index (χ1n) is 8.52. The highest BCUT2D eigenvalue weighted by atomic mass is 16.1. The van der Waals surface area contributed by atoms with Crippen LogP contribution in [0.2, 0.25) is 0 Å². The molecule has 1 aromatic heterocycles. The maximum atomic E-state index is 12.3. The zero-order chi connectivity index (χ0) is 18.2. The quantitative estimate of drug-likeness (QED) is 0.722. The Balaban J connectivity index is 1.97. The van der Waals surface area contributed by atoms with E-state index in [0.29, 0.717) is 24.7 Å². The van der Waals surface area contributed by atoms with Gasteiger partial charge >= 0.3 is 0 Å². The second-order valence-corrected chi connectivity index (χ2v) is 6.41. The van der Waals surface area contributed by atoms with E-state index in [1.807, 2.05) is 33.2 Å². The molecule has 6 nitrogen and oxygen atoms in total. The molecular weight excluding hydrogens is 314 g/mol. The van der Waals surface area contributed by atoms with Crippen molar-refractivity contribution in [3.8, 4) is 0 Å². The fourth-order valence-electron chi connectivity index (χ4n) is 2.43. The zero-order valence-electron chi connectivity index (χ0n) is 15.5. The van der Waals surface area contributed by atoms with Crippen LogP contribution in [-0.4, -0.2) is 48.0 Å². The lowest BCUT2D eigenvalue weighted by atomic mass is 10.1. The van der Waals surface area contributed by atoms with Crippen LogP contribution in [0.3, 0.4) is 0 Å². The minimum absolute atomic E-state index is 0.164. The van der Waals surface area contributed by atoms with Gasteiger partial charge in [0.25, 0.3) is 5.91 Å². The van der Waals surface area contributed by atoms with Crippen LogP contribution < -0.4 is 10.6 Å². The lowest BCUT2D eigenvalue weighted by molar-refractivity contribution is 0.0947. The first kappa shape index (κ1) is 18.9. The molecule has 1 amide bonds. The maximum absolute atomic E-state index is 12.3. The molecule has 1 heterocycles. The van der Waals surface area contributed by atoms with Gasteiger partial charge in [-0.3, -0.25) is 4.79 Å². The van der Waals surface area contributed by atoms with Crippen LogP contribution in [0.5, 0.6) is 0 Å². The van der Waals surface area contributed by atoms with E-state index >= 15 is 0 Å². The largest absolute Gasteiger partial charge is 0.351 e. The van der Waals surface area contributed by atoms with E-state index in [0.717, 1.165) is 18.7 Å². The Bertz CT molecular complexity index is 715. The van der Waals surface area contributed by atoms with Gasteiger partial charge in [0.15, 0.2) is 0 Å². The van der Waals surface area contributed by atoms with Crippen molar-refractivity contribution in [2.24, 2.45) is 0 Å². The number of benzene rings is 1. The summed E-state index contributed by atoms with van der Waals surface area (Å²) in [7, 11) is 4.03. The Morgan fingerprint density at radius 2 is 1.92 bits per heavy atom. The summed E-state index contributed by atoms with van der Waals surface area (Å²) in [5.74, 6) is 0.310. The van der Waals surface area contributed by atoms with Crippen LogP contribution in [0.4, 0.5) is 5.95 Å². The fourth-order valence-corrected chi connectivity index (χ4v) is 2.43. The van der Waals surface area contributed by atoms with Crippen molar-refractivity contribution in [3.63, 3.8) is 0 Å². The van der Waals surface area contributed by atoms with E-state index in [4.69, 9.17) is 0 Å². The second kappa shape index (κ2) is 9.13. The third kappa shape index (κ3) is 6.15. The van der Waals surface area contributed by atoms with Crippen molar-refractivity contribution in [3.05, 3.63) is 52.8 Å². The molecule has 0 aliphatic carbocycles. The van der Waals surface area contributed by atoms with Crippen molar-refractivity contribution < 1.29 is 4.79 Å². The third-order valence-corrected chi connectivity index (χ3v) is 3.85. The van der Waals surface area contributed by atoms with Gasteiger partial charge < -0.3 is 15.5 Å². The molecule has 2 N–H and O–H groups in total. The SMILES string of the molecule is Cc1cc(C(=O)NCCCN(C)C)nc(NCc2ccccc2C)n1. The molecule has 0 fully saturated rings. The monoisotopic (exact) mass is 341 g/mol. The van der Waals surface area contributed by atoms with Gasteiger partial charge in [-0.2, -0.15) is 0 Å². The molecule has 2 rings (SSSR count). The van der Waals surface area contributed by atoms with Gasteiger partial charge in [0.1, 0.15) is 5.69 Å². The molecule has 0 spiro atoms. The lowest BCUT2D eigenvalue weighted by Gasteiger charge is -2.11. The predicted molar refractivity (Wildman–Crippen MR) is 101 cm³/mol. The summed E-state index contributed by atoms with van der Waals surface area (Å²) in [6.07, 6.45) is 0.904. The van der Waals surface area contributed by atoms with Crippen molar-refractivity contribution in [2.45, 2.75) is 26.8 Å². The van der Waals surface area contributed by atoms with Crippen LogP contribution in [-0.2, 0) is 6.54 Å². The van der Waals surface area contributed by atoms with Crippen LogP contribution >= 0.6 is 0 Å². The van der Waals surface area contributed by atoms with E-state index in [9.17, 15) is 4.79 Å². The Labute approximate surface area is 149 Å². The van der Waals surface area contributed by atoms with Gasteiger partial charge in [0.2, 0.25) is 5.95 Å². The highest BCUT2D eigenvalue weighted by molar-refractivity contribution is 5.92. The summed E-state index contributed by atoms with van der Waals surface area (Å²) < 4.78 is 0. The maximum Gasteiger partial charge on any atom is 0.270 e. The number of rotatable bonds is 8. The van der Waals surface area contributed by atoms with Crippen molar-refractivity contribution in [1.82, 2.24) is 20.2 Å². The average Bonchev–Trinajstić information content (AvgIpc) is 2.57. The number of anilines is 1. The number of nitrogens with zero attached hydrogens (tertiary/aromatic N) is 3. The lowest BCUT2D eigenvalue weighted by Crippen LogP contribution is -2.28. The van der Waals surface area contributed by atoms with Gasteiger partial charge in [-0.05, 0) is 58.1 Å². The molecule has 6 heteroatoms. The van der Waals surface area contributed by atoms with Gasteiger partial charge in [-0.25, -0.2) is 9.97 Å². The Hall–Kier alpha value is -2.47. The minimum atomic E-state index is -0.164. The van der Waals surface area contributed by atoms with Gasteiger partial charge in [-0.15, -0.1) is 0 Å². The van der Waals surface area contributed by atoms with Crippen molar-refractivity contribution in [2.75, 3.05) is 32.5 Å². The van der Waals surface area contributed by atoms with Gasteiger partial charge in [0, 0.05) is 18.8 Å². The van der Waals surface area contributed by atoms with Crippen LogP contribution in [0.15, 0.2) is 30.3 Å². The summed E-state index contributed by atoms with van der Waals surface area (Å²) in [5.41, 5.74) is 3.55. The molecule has 0 aliphatic heterocycles. The highest BCUT2D eigenvalue weighted by Crippen LogP contribution is 2.10. The van der Waals surface area contributed by atoms with Gasteiger partial charge in [0.05, 0.1) is 0 Å². The number of carbonyl (C=O) groups excluding carboxylic acids is 1. The van der Waals surface area contributed by atoms with E-state index in [1.165, 1.54) is 11.1 Å².